The Balaban J connectivity index is 1.53. The normalized spacial score (nSPS) is 15.5. The van der Waals surface area contributed by atoms with Crippen LogP contribution in [-0.2, 0) is 4.84 Å². The van der Waals surface area contributed by atoms with Gasteiger partial charge in [-0.15, -0.1) is 5.06 Å². The number of hydrogen-bond donors (Lipinski definition) is 1. The molecule has 5 nitrogen and oxygen atoms in total. The smallest absolute Gasteiger partial charge is 0.357 e. The number of aromatic hydroxyl groups is 1. The third-order valence-electron chi connectivity index (χ3n) is 3.67. The van der Waals surface area contributed by atoms with Crippen molar-refractivity contribution in [1.29, 1.82) is 0 Å². The minimum atomic E-state index is -0.321. The van der Waals surface area contributed by atoms with E-state index in [2.05, 4.69) is 4.90 Å². The minimum absolute atomic E-state index is 0.263. The SMILES string of the molecule is O=C(ON1CCN(c2ccc(O)cc2)CC1)c1ccccc1. The highest BCUT2D eigenvalue weighted by molar-refractivity contribution is 5.89. The number of hydrogen-bond acceptors (Lipinski definition) is 5. The predicted octanol–water partition coefficient (Wildman–Crippen LogP) is 2.29. The van der Waals surface area contributed by atoms with Crippen LogP contribution in [0.3, 0.4) is 0 Å². The Kier molecular flexibility index (Phi) is 4.25. The lowest BCUT2D eigenvalue weighted by Gasteiger charge is -2.34. The fourth-order valence-corrected chi connectivity index (χ4v) is 2.45. The molecule has 0 amide bonds. The van der Waals surface area contributed by atoms with Crippen molar-refractivity contribution < 1.29 is 14.7 Å². The second-order valence-electron chi connectivity index (χ2n) is 5.18. The Morgan fingerprint density at radius 2 is 1.55 bits per heavy atom. The van der Waals surface area contributed by atoms with Gasteiger partial charge in [0.25, 0.3) is 0 Å². The molecule has 0 bridgehead atoms. The summed E-state index contributed by atoms with van der Waals surface area (Å²) >= 11 is 0. The molecule has 0 radical (unpaired) electrons. The van der Waals surface area contributed by atoms with Gasteiger partial charge in [-0.05, 0) is 36.4 Å². The zero-order valence-electron chi connectivity index (χ0n) is 12.2. The van der Waals surface area contributed by atoms with Crippen LogP contribution in [0.5, 0.6) is 5.75 Å². The number of carbonyl (C=O) groups is 1. The quantitative estimate of drug-likeness (QED) is 0.942. The average molecular weight is 298 g/mol. The molecule has 0 aliphatic carbocycles. The van der Waals surface area contributed by atoms with Crippen molar-refractivity contribution in [3.05, 3.63) is 60.2 Å². The molecule has 1 aliphatic rings. The summed E-state index contributed by atoms with van der Waals surface area (Å²) in [4.78, 5) is 19.6. The average Bonchev–Trinajstić information content (AvgIpc) is 2.57. The molecular formula is C17H18N2O3. The van der Waals surface area contributed by atoms with Crippen LogP contribution >= 0.6 is 0 Å². The molecule has 0 atom stereocenters. The lowest BCUT2D eigenvalue weighted by atomic mass is 10.2. The van der Waals surface area contributed by atoms with Crippen LogP contribution in [0.2, 0.25) is 0 Å². The molecule has 3 rings (SSSR count). The molecule has 2 aromatic carbocycles. The minimum Gasteiger partial charge on any atom is -0.508 e. The fourth-order valence-electron chi connectivity index (χ4n) is 2.45. The second kappa shape index (κ2) is 6.49. The number of hydroxylamine groups is 2. The second-order valence-corrected chi connectivity index (χ2v) is 5.18. The maximum Gasteiger partial charge on any atom is 0.357 e. The zero-order chi connectivity index (χ0) is 15.4. The van der Waals surface area contributed by atoms with E-state index in [4.69, 9.17) is 4.84 Å². The molecule has 0 saturated carbocycles. The largest absolute Gasteiger partial charge is 0.508 e. The monoisotopic (exact) mass is 298 g/mol. The number of benzene rings is 2. The number of phenols is 1. The lowest BCUT2D eigenvalue weighted by molar-refractivity contribution is -0.112. The summed E-state index contributed by atoms with van der Waals surface area (Å²) in [5.41, 5.74) is 1.62. The molecule has 1 heterocycles. The van der Waals surface area contributed by atoms with Gasteiger partial charge in [-0.2, -0.15) is 0 Å². The Morgan fingerprint density at radius 1 is 0.909 bits per heavy atom. The molecule has 2 aromatic rings. The van der Waals surface area contributed by atoms with Gasteiger partial charge in [0.15, 0.2) is 0 Å². The number of nitrogens with zero attached hydrogens (tertiary/aromatic N) is 2. The van der Waals surface area contributed by atoms with E-state index >= 15 is 0 Å². The maximum absolute atomic E-state index is 12.0. The molecule has 114 valence electrons. The number of anilines is 1. The Morgan fingerprint density at radius 3 is 2.18 bits per heavy atom. The van der Waals surface area contributed by atoms with Crippen LogP contribution in [0.4, 0.5) is 5.69 Å². The van der Waals surface area contributed by atoms with Crippen LogP contribution < -0.4 is 4.90 Å². The summed E-state index contributed by atoms with van der Waals surface area (Å²) in [5.74, 6) is -0.0575. The molecule has 0 aromatic heterocycles. The Labute approximate surface area is 129 Å². The lowest BCUT2D eigenvalue weighted by Crippen LogP contribution is -2.47. The van der Waals surface area contributed by atoms with Crippen molar-refractivity contribution in [2.75, 3.05) is 31.1 Å². The van der Waals surface area contributed by atoms with Crippen molar-refractivity contribution in [1.82, 2.24) is 5.06 Å². The van der Waals surface area contributed by atoms with E-state index in [1.165, 1.54) is 0 Å². The van der Waals surface area contributed by atoms with E-state index in [1.54, 1.807) is 29.3 Å². The first-order chi connectivity index (χ1) is 10.7. The highest BCUT2D eigenvalue weighted by Crippen LogP contribution is 2.20. The van der Waals surface area contributed by atoms with Crippen LogP contribution in [0, 0.1) is 0 Å². The van der Waals surface area contributed by atoms with Gasteiger partial charge < -0.3 is 14.8 Å². The number of phenolic OH excluding ortho intramolecular Hbond substituents is 1. The van der Waals surface area contributed by atoms with Crippen molar-refractivity contribution in [2.45, 2.75) is 0 Å². The number of piperazine rings is 1. The van der Waals surface area contributed by atoms with Crippen molar-refractivity contribution in [2.24, 2.45) is 0 Å². The van der Waals surface area contributed by atoms with E-state index in [9.17, 15) is 9.90 Å². The van der Waals surface area contributed by atoms with E-state index in [1.807, 2.05) is 30.3 Å². The van der Waals surface area contributed by atoms with Gasteiger partial charge in [-0.3, -0.25) is 0 Å². The topological polar surface area (TPSA) is 53.0 Å². The van der Waals surface area contributed by atoms with Gasteiger partial charge in [-0.1, -0.05) is 18.2 Å². The van der Waals surface area contributed by atoms with Gasteiger partial charge in [0.2, 0.25) is 0 Å². The summed E-state index contributed by atoms with van der Waals surface area (Å²) in [5, 5.41) is 11.0. The molecule has 5 heteroatoms. The third-order valence-corrected chi connectivity index (χ3v) is 3.67. The van der Waals surface area contributed by atoms with Gasteiger partial charge in [0.05, 0.1) is 18.7 Å². The summed E-state index contributed by atoms with van der Waals surface area (Å²) in [7, 11) is 0. The van der Waals surface area contributed by atoms with E-state index in [-0.39, 0.29) is 11.7 Å². The maximum atomic E-state index is 12.0. The molecule has 0 spiro atoms. The van der Waals surface area contributed by atoms with Crippen molar-refractivity contribution in [3.8, 4) is 5.75 Å². The van der Waals surface area contributed by atoms with Crippen LogP contribution in [0.15, 0.2) is 54.6 Å². The summed E-state index contributed by atoms with van der Waals surface area (Å²) in [6.07, 6.45) is 0. The molecule has 22 heavy (non-hydrogen) atoms. The molecular weight excluding hydrogens is 280 g/mol. The van der Waals surface area contributed by atoms with Crippen molar-refractivity contribution in [3.63, 3.8) is 0 Å². The van der Waals surface area contributed by atoms with Gasteiger partial charge in [0.1, 0.15) is 5.75 Å². The summed E-state index contributed by atoms with van der Waals surface area (Å²) in [6, 6.07) is 16.1. The Hall–Kier alpha value is -2.53. The standard InChI is InChI=1S/C17H18N2O3/c20-16-8-6-15(7-9-16)18-10-12-19(13-11-18)22-17(21)14-4-2-1-3-5-14/h1-9,20H,10-13H2. The molecule has 1 N–H and O–H groups in total. The fraction of sp³-hybridized carbons (Fsp3) is 0.235. The van der Waals surface area contributed by atoms with E-state index in [0.29, 0.717) is 18.7 Å². The number of carbonyl (C=O) groups excluding carboxylic acids is 1. The molecule has 0 unspecified atom stereocenters. The van der Waals surface area contributed by atoms with Gasteiger partial charge in [0, 0.05) is 18.8 Å². The Bertz CT molecular complexity index is 620. The predicted molar refractivity (Wildman–Crippen MR) is 83.8 cm³/mol. The summed E-state index contributed by atoms with van der Waals surface area (Å²) in [6.45, 7) is 2.85. The van der Waals surface area contributed by atoms with Gasteiger partial charge >= 0.3 is 5.97 Å². The first-order valence-corrected chi connectivity index (χ1v) is 7.28. The third kappa shape index (κ3) is 3.38. The van der Waals surface area contributed by atoms with Crippen LogP contribution in [0.1, 0.15) is 10.4 Å². The molecule has 1 aliphatic heterocycles. The molecule has 1 saturated heterocycles. The van der Waals surface area contributed by atoms with Crippen LogP contribution in [0.25, 0.3) is 0 Å². The van der Waals surface area contributed by atoms with Crippen LogP contribution in [-0.4, -0.2) is 42.3 Å². The molecule has 1 fully saturated rings. The van der Waals surface area contributed by atoms with E-state index in [0.717, 1.165) is 18.8 Å². The highest BCUT2D eigenvalue weighted by Gasteiger charge is 2.20. The first-order valence-electron chi connectivity index (χ1n) is 7.28. The number of rotatable bonds is 3. The van der Waals surface area contributed by atoms with Gasteiger partial charge in [-0.25, -0.2) is 4.79 Å². The van der Waals surface area contributed by atoms with E-state index < -0.39 is 0 Å². The highest BCUT2D eigenvalue weighted by atomic mass is 16.7. The zero-order valence-corrected chi connectivity index (χ0v) is 12.2. The first kappa shape index (κ1) is 14.4. The summed E-state index contributed by atoms with van der Waals surface area (Å²) < 4.78 is 0. The van der Waals surface area contributed by atoms with Crippen molar-refractivity contribution >= 4 is 11.7 Å².